The molecule has 0 spiro atoms. The lowest BCUT2D eigenvalue weighted by atomic mass is 10.1. The van der Waals surface area contributed by atoms with E-state index in [0.717, 1.165) is 12.1 Å². The molecule has 0 aliphatic heterocycles. The normalized spacial score (nSPS) is 18.6. The van der Waals surface area contributed by atoms with Crippen LogP contribution in [0.1, 0.15) is 25.5 Å². The van der Waals surface area contributed by atoms with Crippen molar-refractivity contribution in [2.75, 3.05) is 19.8 Å². The monoisotopic (exact) mass is 250 g/mol. The van der Waals surface area contributed by atoms with Gasteiger partial charge < -0.3 is 15.2 Å². The van der Waals surface area contributed by atoms with E-state index in [0.29, 0.717) is 25.8 Å². The van der Waals surface area contributed by atoms with Gasteiger partial charge in [0.05, 0.1) is 18.8 Å². The molecule has 1 unspecified atom stereocenters. The molecule has 100 valence electrons. The third-order valence-corrected chi connectivity index (χ3v) is 2.99. The molecular formula is C14H22N2O2. The Morgan fingerprint density at radius 2 is 2.33 bits per heavy atom. The molecule has 0 aromatic carbocycles. The lowest BCUT2D eigenvalue weighted by molar-refractivity contribution is -0.0318. The van der Waals surface area contributed by atoms with Crippen LogP contribution >= 0.6 is 0 Å². The lowest BCUT2D eigenvalue weighted by Crippen LogP contribution is -2.42. The van der Waals surface area contributed by atoms with E-state index in [2.05, 4.69) is 10.3 Å². The Balaban J connectivity index is 1.58. The van der Waals surface area contributed by atoms with E-state index in [1.165, 1.54) is 12.8 Å². The summed E-state index contributed by atoms with van der Waals surface area (Å²) in [5.74, 6) is 0. The molecule has 0 amide bonds. The second kappa shape index (κ2) is 6.27. The lowest BCUT2D eigenvalue weighted by Gasteiger charge is -2.23. The molecular weight excluding hydrogens is 228 g/mol. The maximum atomic E-state index is 10.1. The molecule has 1 aliphatic carbocycles. The maximum Gasteiger partial charge on any atom is 0.0975 e. The van der Waals surface area contributed by atoms with Crippen LogP contribution in [0.2, 0.25) is 0 Å². The van der Waals surface area contributed by atoms with Crippen LogP contribution in [0.25, 0.3) is 0 Å². The minimum absolute atomic E-state index is 0.361. The number of hydrogen-bond acceptors (Lipinski definition) is 4. The fourth-order valence-corrected chi connectivity index (χ4v) is 1.72. The fourth-order valence-electron chi connectivity index (χ4n) is 1.72. The average molecular weight is 250 g/mol. The van der Waals surface area contributed by atoms with E-state index in [9.17, 15) is 5.11 Å². The molecule has 1 aromatic heterocycles. The number of hydrogen-bond donors (Lipinski definition) is 2. The van der Waals surface area contributed by atoms with Crippen molar-refractivity contribution in [3.05, 3.63) is 30.1 Å². The van der Waals surface area contributed by atoms with E-state index < -0.39 is 5.60 Å². The Labute approximate surface area is 108 Å². The van der Waals surface area contributed by atoms with Crippen molar-refractivity contribution >= 4 is 0 Å². The number of pyridine rings is 1. The predicted molar refractivity (Wildman–Crippen MR) is 70.4 cm³/mol. The van der Waals surface area contributed by atoms with Crippen LogP contribution < -0.4 is 5.32 Å². The van der Waals surface area contributed by atoms with Gasteiger partial charge in [-0.05, 0) is 31.9 Å². The molecule has 0 radical (unpaired) electrons. The molecule has 4 nitrogen and oxygen atoms in total. The van der Waals surface area contributed by atoms with Crippen LogP contribution in [-0.4, -0.2) is 41.5 Å². The molecule has 0 saturated heterocycles. The fraction of sp³-hybridized carbons (Fsp3) is 0.643. The first-order chi connectivity index (χ1) is 8.66. The Morgan fingerprint density at radius 1 is 1.50 bits per heavy atom. The third kappa shape index (κ3) is 5.12. The van der Waals surface area contributed by atoms with Crippen LogP contribution in [0.3, 0.4) is 0 Å². The first-order valence-electron chi connectivity index (χ1n) is 6.59. The van der Waals surface area contributed by atoms with Gasteiger partial charge in [0.15, 0.2) is 0 Å². The number of aliphatic hydroxyl groups is 1. The molecule has 2 rings (SSSR count). The number of rotatable bonds is 8. The van der Waals surface area contributed by atoms with E-state index in [4.69, 9.17) is 4.74 Å². The van der Waals surface area contributed by atoms with Crippen LogP contribution in [-0.2, 0) is 11.2 Å². The second-order valence-electron chi connectivity index (χ2n) is 5.28. The van der Waals surface area contributed by atoms with Gasteiger partial charge >= 0.3 is 0 Å². The van der Waals surface area contributed by atoms with Gasteiger partial charge in [0, 0.05) is 30.9 Å². The first-order valence-corrected chi connectivity index (χ1v) is 6.59. The van der Waals surface area contributed by atoms with Crippen LogP contribution in [0.5, 0.6) is 0 Å². The maximum absolute atomic E-state index is 10.1. The van der Waals surface area contributed by atoms with Crippen molar-refractivity contribution < 1.29 is 9.84 Å². The molecule has 4 heteroatoms. The van der Waals surface area contributed by atoms with E-state index in [-0.39, 0.29) is 0 Å². The molecule has 18 heavy (non-hydrogen) atoms. The van der Waals surface area contributed by atoms with Gasteiger partial charge in [0.1, 0.15) is 0 Å². The van der Waals surface area contributed by atoms with Gasteiger partial charge in [-0.25, -0.2) is 0 Å². The van der Waals surface area contributed by atoms with Crippen molar-refractivity contribution in [3.8, 4) is 0 Å². The molecule has 1 saturated carbocycles. The van der Waals surface area contributed by atoms with Gasteiger partial charge in [-0.2, -0.15) is 0 Å². The summed E-state index contributed by atoms with van der Waals surface area (Å²) in [7, 11) is 0. The van der Waals surface area contributed by atoms with Gasteiger partial charge in [-0.15, -0.1) is 0 Å². The number of nitrogens with zero attached hydrogens (tertiary/aromatic N) is 1. The summed E-state index contributed by atoms with van der Waals surface area (Å²) in [5.41, 5.74) is 0.237. The SMILES string of the molecule is CC(O)(CNC1CC1)COCCc1ccccn1. The first kappa shape index (κ1) is 13.5. The van der Waals surface area contributed by atoms with E-state index >= 15 is 0 Å². The van der Waals surface area contributed by atoms with Crippen LogP contribution in [0, 0.1) is 0 Å². The summed E-state index contributed by atoms with van der Waals surface area (Å²) >= 11 is 0. The summed E-state index contributed by atoms with van der Waals surface area (Å²) < 4.78 is 5.53. The third-order valence-electron chi connectivity index (χ3n) is 2.99. The topological polar surface area (TPSA) is 54.4 Å². The zero-order valence-corrected chi connectivity index (χ0v) is 10.9. The zero-order valence-electron chi connectivity index (χ0n) is 10.9. The molecule has 1 aromatic rings. The smallest absolute Gasteiger partial charge is 0.0975 e. The van der Waals surface area contributed by atoms with E-state index in [1.54, 1.807) is 6.20 Å². The van der Waals surface area contributed by atoms with Gasteiger partial charge in [0.25, 0.3) is 0 Å². The highest BCUT2D eigenvalue weighted by Gasteiger charge is 2.26. The van der Waals surface area contributed by atoms with Gasteiger partial charge in [-0.3, -0.25) is 4.98 Å². The van der Waals surface area contributed by atoms with Crippen molar-refractivity contribution in [1.82, 2.24) is 10.3 Å². The molecule has 1 heterocycles. The van der Waals surface area contributed by atoms with Crippen molar-refractivity contribution in [2.45, 2.75) is 37.8 Å². The molecule has 2 N–H and O–H groups in total. The summed E-state index contributed by atoms with van der Waals surface area (Å²) in [4.78, 5) is 4.23. The van der Waals surface area contributed by atoms with Gasteiger partial charge in [-0.1, -0.05) is 6.07 Å². The van der Waals surface area contributed by atoms with E-state index in [1.807, 2.05) is 25.1 Å². The zero-order chi connectivity index (χ0) is 12.8. The van der Waals surface area contributed by atoms with Crippen molar-refractivity contribution in [2.24, 2.45) is 0 Å². The number of aromatic nitrogens is 1. The predicted octanol–water partition coefficient (Wildman–Crippen LogP) is 1.14. The Morgan fingerprint density at radius 3 is 3.00 bits per heavy atom. The highest BCUT2D eigenvalue weighted by molar-refractivity contribution is 5.03. The minimum atomic E-state index is -0.785. The average Bonchev–Trinajstić information content (AvgIpc) is 3.18. The summed E-state index contributed by atoms with van der Waals surface area (Å²) in [6.07, 6.45) is 5.03. The summed E-state index contributed by atoms with van der Waals surface area (Å²) in [5, 5.41) is 13.4. The second-order valence-corrected chi connectivity index (χ2v) is 5.28. The molecule has 1 atom stereocenters. The van der Waals surface area contributed by atoms with Gasteiger partial charge in [0.2, 0.25) is 0 Å². The largest absolute Gasteiger partial charge is 0.386 e. The minimum Gasteiger partial charge on any atom is -0.386 e. The Kier molecular flexibility index (Phi) is 4.69. The Bertz CT molecular complexity index is 350. The quantitative estimate of drug-likeness (QED) is 0.679. The standard InChI is InChI=1S/C14H22N2O2/c1-14(17,10-16-13-5-6-13)11-18-9-7-12-4-2-3-8-15-12/h2-4,8,13,16-17H,5-7,9-11H2,1H3. The molecule has 1 aliphatic rings. The summed E-state index contributed by atoms with van der Waals surface area (Å²) in [6, 6.07) is 6.47. The summed E-state index contributed by atoms with van der Waals surface area (Å²) in [6.45, 7) is 3.36. The molecule has 0 bridgehead atoms. The number of nitrogens with one attached hydrogen (secondary N) is 1. The molecule has 1 fully saturated rings. The van der Waals surface area contributed by atoms with Crippen molar-refractivity contribution in [3.63, 3.8) is 0 Å². The Hall–Kier alpha value is -0.970. The number of ether oxygens (including phenoxy) is 1. The highest BCUT2D eigenvalue weighted by atomic mass is 16.5. The van der Waals surface area contributed by atoms with Crippen molar-refractivity contribution in [1.29, 1.82) is 0 Å². The van der Waals surface area contributed by atoms with Crippen LogP contribution in [0.4, 0.5) is 0 Å². The van der Waals surface area contributed by atoms with Crippen LogP contribution in [0.15, 0.2) is 24.4 Å². The highest BCUT2D eigenvalue weighted by Crippen LogP contribution is 2.19.